The molecule has 4 N–H and O–H groups in total. The number of rotatable bonds is 11. The first kappa shape index (κ1) is 36.0. The minimum Gasteiger partial charge on any atom is -0.346 e. The van der Waals surface area contributed by atoms with Crippen molar-refractivity contribution in [3.8, 4) is 0 Å². The summed E-state index contributed by atoms with van der Waals surface area (Å²) in [6.07, 6.45) is 3.74. The van der Waals surface area contributed by atoms with Gasteiger partial charge in [-0.05, 0) is 47.8 Å². The Kier molecular flexibility index (Phi) is 10.8. The van der Waals surface area contributed by atoms with E-state index in [4.69, 9.17) is 0 Å². The van der Waals surface area contributed by atoms with Gasteiger partial charge in [0.1, 0.15) is 12.1 Å². The molecule has 3 rings (SSSR count). The Morgan fingerprint density at radius 1 is 1.00 bits per heavy atom. The number of urea groups is 1. The minimum atomic E-state index is -1.09. The Hall–Kier alpha value is -3.44. The first-order chi connectivity index (χ1) is 20.7. The minimum absolute atomic E-state index is 0.0775. The SMILES string of the molecule is C=CCNC(=O)C(=O)C(C)NC(=O)[C@@H]1C2[C@H](CN1C(=O)[C@@H](NC(=O)N[C@H](CN1CCCCC1=O)C(C)(C)C)C(C)(C)C)C2(C)C. The number of carbonyl (C=O) groups is 6. The third kappa shape index (κ3) is 8.24. The molecular formula is C33H54N6O6. The lowest BCUT2D eigenvalue weighted by molar-refractivity contribution is -0.145. The summed E-state index contributed by atoms with van der Waals surface area (Å²) in [4.78, 5) is 81.9. The van der Waals surface area contributed by atoms with Crippen LogP contribution < -0.4 is 21.3 Å². The fourth-order valence-electron chi connectivity index (χ4n) is 6.58. The van der Waals surface area contributed by atoms with E-state index in [-0.39, 0.29) is 47.1 Å². The van der Waals surface area contributed by atoms with Crippen molar-refractivity contribution >= 4 is 35.4 Å². The number of nitrogens with zero attached hydrogens (tertiary/aromatic N) is 2. The molecule has 3 aliphatic rings. The van der Waals surface area contributed by atoms with E-state index in [9.17, 15) is 28.8 Å². The van der Waals surface area contributed by atoms with E-state index >= 15 is 0 Å². The summed E-state index contributed by atoms with van der Waals surface area (Å²) >= 11 is 0. The highest BCUT2D eigenvalue weighted by Gasteiger charge is 2.69. The Balaban J connectivity index is 1.77. The molecule has 252 valence electrons. The van der Waals surface area contributed by atoms with Crippen molar-refractivity contribution in [3.63, 3.8) is 0 Å². The van der Waals surface area contributed by atoms with Gasteiger partial charge in [-0.15, -0.1) is 6.58 Å². The van der Waals surface area contributed by atoms with Crippen molar-refractivity contribution in [1.29, 1.82) is 0 Å². The van der Waals surface area contributed by atoms with Gasteiger partial charge >= 0.3 is 6.03 Å². The maximum absolute atomic E-state index is 14.2. The van der Waals surface area contributed by atoms with Gasteiger partial charge in [-0.25, -0.2) is 4.79 Å². The second kappa shape index (κ2) is 13.5. The van der Waals surface area contributed by atoms with E-state index in [0.717, 1.165) is 12.8 Å². The molecule has 2 aliphatic heterocycles. The van der Waals surface area contributed by atoms with Gasteiger partial charge in [0.2, 0.25) is 23.5 Å². The number of hydrogen-bond donors (Lipinski definition) is 4. The lowest BCUT2D eigenvalue weighted by Crippen LogP contribution is -2.62. The monoisotopic (exact) mass is 630 g/mol. The first-order valence-electron chi connectivity index (χ1n) is 16.1. The molecule has 1 saturated carbocycles. The second-order valence-electron chi connectivity index (χ2n) is 15.6. The number of ketones is 1. The van der Waals surface area contributed by atoms with Crippen LogP contribution in [0.2, 0.25) is 0 Å². The second-order valence-corrected chi connectivity index (χ2v) is 15.6. The lowest BCUT2D eigenvalue weighted by atomic mass is 9.84. The van der Waals surface area contributed by atoms with Crippen LogP contribution in [0.15, 0.2) is 12.7 Å². The van der Waals surface area contributed by atoms with Crippen molar-refractivity contribution < 1.29 is 28.8 Å². The Morgan fingerprint density at radius 3 is 2.20 bits per heavy atom. The van der Waals surface area contributed by atoms with Crippen molar-refractivity contribution in [2.24, 2.45) is 28.1 Å². The fraction of sp³-hybridized carbons (Fsp3) is 0.758. The highest BCUT2D eigenvalue weighted by atomic mass is 16.2. The van der Waals surface area contributed by atoms with Gasteiger partial charge in [-0.2, -0.15) is 0 Å². The molecule has 0 aromatic rings. The maximum atomic E-state index is 14.2. The van der Waals surface area contributed by atoms with Crippen LogP contribution in [0.3, 0.4) is 0 Å². The average Bonchev–Trinajstić information content (AvgIpc) is 3.25. The van der Waals surface area contributed by atoms with Crippen LogP contribution in [0.4, 0.5) is 4.79 Å². The van der Waals surface area contributed by atoms with E-state index < -0.39 is 47.2 Å². The molecule has 2 unspecified atom stereocenters. The number of fused-ring (bicyclic) bond motifs is 1. The number of piperidine rings is 2. The summed E-state index contributed by atoms with van der Waals surface area (Å²) < 4.78 is 0. The molecule has 0 spiro atoms. The smallest absolute Gasteiger partial charge is 0.315 e. The number of Topliss-reactive ketones (excluding diaryl/α,β-unsaturated/α-hetero) is 1. The zero-order valence-electron chi connectivity index (χ0n) is 28.5. The van der Waals surface area contributed by atoms with Crippen LogP contribution in [-0.4, -0.2) is 95.6 Å². The van der Waals surface area contributed by atoms with Crippen LogP contribution in [0.1, 0.15) is 81.6 Å². The number of amides is 6. The molecule has 0 aromatic heterocycles. The first-order valence-corrected chi connectivity index (χ1v) is 16.1. The van der Waals surface area contributed by atoms with Gasteiger partial charge in [0.15, 0.2) is 0 Å². The van der Waals surface area contributed by atoms with Gasteiger partial charge < -0.3 is 31.1 Å². The van der Waals surface area contributed by atoms with Crippen molar-refractivity contribution in [2.45, 2.75) is 106 Å². The molecule has 2 saturated heterocycles. The molecule has 0 aromatic carbocycles. The van der Waals surface area contributed by atoms with Crippen LogP contribution in [0.25, 0.3) is 0 Å². The summed E-state index contributed by atoms with van der Waals surface area (Å²) in [5.41, 5.74) is -1.25. The molecule has 6 amide bonds. The molecular weight excluding hydrogens is 576 g/mol. The van der Waals surface area contributed by atoms with Crippen molar-refractivity contribution in [2.75, 3.05) is 26.2 Å². The van der Waals surface area contributed by atoms with Crippen molar-refractivity contribution in [3.05, 3.63) is 12.7 Å². The molecule has 2 heterocycles. The number of nitrogens with one attached hydrogen (secondary N) is 4. The molecule has 12 heteroatoms. The molecule has 12 nitrogen and oxygen atoms in total. The van der Waals surface area contributed by atoms with Gasteiger partial charge in [-0.1, -0.05) is 61.5 Å². The van der Waals surface area contributed by atoms with Gasteiger partial charge in [0, 0.05) is 32.6 Å². The number of likely N-dealkylation sites (tertiary alicyclic amines) is 2. The largest absolute Gasteiger partial charge is 0.346 e. The van der Waals surface area contributed by atoms with E-state index in [1.165, 1.54) is 17.9 Å². The standard InChI is InChI=1S/C33H54N6O6/c1-11-15-34-28(43)25(41)19(2)35-27(42)24-23-20(33(23,9)10)17-39(24)29(44)26(32(6,7)8)37-30(45)36-21(31(3,4)5)18-38-16-13-12-14-22(38)40/h11,19-21,23-24,26H,1,12-18H2,2-10H3,(H,34,43)(H,35,42)(H2,36,37,45)/t19?,20-,21+,23?,24-,26+/m0/s1. The number of carbonyl (C=O) groups excluding carboxylic acids is 6. The maximum Gasteiger partial charge on any atom is 0.315 e. The normalized spacial score (nSPS) is 24.5. The third-order valence-corrected chi connectivity index (χ3v) is 9.71. The molecule has 45 heavy (non-hydrogen) atoms. The Labute approximate surface area is 267 Å². The zero-order chi connectivity index (χ0) is 34.1. The molecule has 6 atom stereocenters. The number of hydrogen-bond acceptors (Lipinski definition) is 6. The summed E-state index contributed by atoms with van der Waals surface area (Å²) in [6, 6.07) is -3.80. The lowest BCUT2D eigenvalue weighted by Gasteiger charge is -2.39. The van der Waals surface area contributed by atoms with E-state index in [2.05, 4.69) is 27.8 Å². The van der Waals surface area contributed by atoms with Crippen LogP contribution in [0, 0.1) is 28.1 Å². The van der Waals surface area contributed by atoms with Gasteiger partial charge in [-0.3, -0.25) is 24.0 Å². The molecule has 0 radical (unpaired) electrons. The Bertz CT molecular complexity index is 1200. The summed E-state index contributed by atoms with van der Waals surface area (Å²) in [5.74, 6) is -2.47. The molecule has 0 bridgehead atoms. The predicted molar refractivity (Wildman–Crippen MR) is 171 cm³/mol. The summed E-state index contributed by atoms with van der Waals surface area (Å²) in [5, 5.41) is 11.0. The molecule has 1 aliphatic carbocycles. The third-order valence-electron chi connectivity index (χ3n) is 9.71. The van der Waals surface area contributed by atoms with Gasteiger partial charge in [0.05, 0.1) is 12.1 Å². The quantitative estimate of drug-likeness (QED) is 0.202. The van der Waals surface area contributed by atoms with Crippen molar-refractivity contribution in [1.82, 2.24) is 31.1 Å². The zero-order valence-corrected chi connectivity index (χ0v) is 28.5. The Morgan fingerprint density at radius 2 is 1.64 bits per heavy atom. The van der Waals surface area contributed by atoms with Crippen LogP contribution >= 0.6 is 0 Å². The van der Waals surface area contributed by atoms with E-state index in [0.29, 0.717) is 26.1 Å². The van der Waals surface area contributed by atoms with Gasteiger partial charge in [0.25, 0.3) is 5.91 Å². The summed E-state index contributed by atoms with van der Waals surface area (Å²) in [7, 11) is 0. The van der Waals surface area contributed by atoms with Crippen LogP contribution in [-0.2, 0) is 24.0 Å². The van der Waals surface area contributed by atoms with E-state index in [1.807, 2.05) is 55.4 Å². The highest BCUT2D eigenvalue weighted by molar-refractivity contribution is 6.38. The average molecular weight is 631 g/mol. The molecule has 3 fully saturated rings. The van der Waals surface area contributed by atoms with Crippen LogP contribution in [0.5, 0.6) is 0 Å². The summed E-state index contributed by atoms with van der Waals surface area (Å²) in [6.45, 7) is 22.1. The topological polar surface area (TPSA) is 157 Å². The predicted octanol–water partition coefficient (Wildman–Crippen LogP) is 1.99. The van der Waals surface area contributed by atoms with E-state index in [1.54, 1.807) is 4.90 Å². The fourth-order valence-corrected chi connectivity index (χ4v) is 6.58. The highest BCUT2D eigenvalue weighted by Crippen LogP contribution is 2.65.